The molecule has 15 heavy (non-hydrogen) atoms. The van der Waals surface area contributed by atoms with Gasteiger partial charge in [-0.25, -0.2) is 0 Å². The Morgan fingerprint density at radius 1 is 1.20 bits per heavy atom. The highest BCUT2D eigenvalue weighted by Crippen LogP contribution is 2.22. The van der Waals surface area contributed by atoms with Crippen LogP contribution in [-0.2, 0) is 5.41 Å². The predicted octanol–water partition coefficient (Wildman–Crippen LogP) is 3.38. The van der Waals surface area contributed by atoms with Crippen molar-refractivity contribution in [1.29, 1.82) is 0 Å². The molecule has 0 radical (unpaired) electrons. The van der Waals surface area contributed by atoms with Crippen LogP contribution >= 0.6 is 0 Å². The Balaban J connectivity index is 2.91. The van der Waals surface area contributed by atoms with Gasteiger partial charge >= 0.3 is 0 Å². The van der Waals surface area contributed by atoms with E-state index in [1.165, 1.54) is 5.56 Å². The monoisotopic (exact) mass is 204 g/mol. The van der Waals surface area contributed by atoms with Crippen LogP contribution in [0.1, 0.15) is 38.8 Å². The fourth-order valence-electron chi connectivity index (χ4n) is 1.41. The van der Waals surface area contributed by atoms with Crippen LogP contribution in [-0.4, -0.2) is 11.7 Å². The maximum Gasteiger partial charge on any atom is 0.0642 e. The van der Waals surface area contributed by atoms with Gasteiger partial charge in [0, 0.05) is 0 Å². The number of benzene rings is 1. The Labute approximate surface area is 92.5 Å². The van der Waals surface area contributed by atoms with Crippen molar-refractivity contribution in [3.63, 3.8) is 0 Å². The Morgan fingerprint density at radius 2 is 1.73 bits per heavy atom. The third-order valence-corrected chi connectivity index (χ3v) is 2.44. The van der Waals surface area contributed by atoms with Gasteiger partial charge in [-0.05, 0) is 29.0 Å². The zero-order valence-electron chi connectivity index (χ0n) is 10.0. The highest BCUT2D eigenvalue weighted by atomic mass is 16.3. The molecule has 0 atom stereocenters. The molecule has 0 unspecified atom stereocenters. The van der Waals surface area contributed by atoms with Crippen LogP contribution in [0.15, 0.2) is 29.8 Å². The third kappa shape index (κ3) is 3.52. The minimum Gasteiger partial charge on any atom is -0.392 e. The summed E-state index contributed by atoms with van der Waals surface area (Å²) in [5.41, 5.74) is 3.67. The van der Waals surface area contributed by atoms with Gasteiger partial charge in [-0.15, -0.1) is 0 Å². The molecule has 0 aromatic heterocycles. The van der Waals surface area contributed by atoms with E-state index in [-0.39, 0.29) is 12.0 Å². The molecular formula is C14H20O. The van der Waals surface area contributed by atoms with Crippen molar-refractivity contribution in [2.75, 3.05) is 6.61 Å². The second kappa shape index (κ2) is 4.63. The highest BCUT2D eigenvalue weighted by molar-refractivity contribution is 5.53. The molecule has 0 fully saturated rings. The van der Waals surface area contributed by atoms with E-state index in [2.05, 4.69) is 45.0 Å². The van der Waals surface area contributed by atoms with Crippen LogP contribution in [0.5, 0.6) is 0 Å². The van der Waals surface area contributed by atoms with Crippen molar-refractivity contribution in [3.05, 3.63) is 41.0 Å². The molecule has 82 valence electrons. The van der Waals surface area contributed by atoms with Gasteiger partial charge in [0.25, 0.3) is 0 Å². The van der Waals surface area contributed by atoms with E-state index in [4.69, 9.17) is 5.11 Å². The molecule has 1 rings (SSSR count). The fourth-order valence-corrected chi connectivity index (χ4v) is 1.41. The van der Waals surface area contributed by atoms with Gasteiger partial charge in [0.2, 0.25) is 0 Å². The lowest BCUT2D eigenvalue weighted by Gasteiger charge is -2.18. The Bertz CT molecular complexity index is 339. The second-order valence-electron chi connectivity index (χ2n) is 5.02. The molecule has 0 aliphatic carbocycles. The van der Waals surface area contributed by atoms with Crippen LogP contribution in [0, 0.1) is 0 Å². The fraction of sp³-hybridized carbons (Fsp3) is 0.429. The largest absolute Gasteiger partial charge is 0.392 e. The molecular weight excluding hydrogens is 184 g/mol. The first-order chi connectivity index (χ1) is 6.93. The van der Waals surface area contributed by atoms with E-state index < -0.39 is 0 Å². The van der Waals surface area contributed by atoms with Crippen molar-refractivity contribution < 1.29 is 5.11 Å². The molecule has 1 heteroatoms. The quantitative estimate of drug-likeness (QED) is 0.783. The molecule has 1 aromatic rings. The smallest absolute Gasteiger partial charge is 0.0642 e. The summed E-state index contributed by atoms with van der Waals surface area (Å²) in [6, 6.07) is 8.49. The van der Waals surface area contributed by atoms with E-state index >= 15 is 0 Å². The van der Waals surface area contributed by atoms with E-state index in [9.17, 15) is 0 Å². The summed E-state index contributed by atoms with van der Waals surface area (Å²) in [6.07, 6.45) is 2.01. The van der Waals surface area contributed by atoms with Gasteiger partial charge < -0.3 is 5.11 Å². The molecule has 0 spiro atoms. The summed E-state index contributed by atoms with van der Waals surface area (Å²) >= 11 is 0. The second-order valence-corrected chi connectivity index (χ2v) is 5.02. The SMILES string of the molecule is CC(=Cc1ccc(C(C)(C)C)cc1)CO. The Hall–Kier alpha value is -1.08. The first-order valence-corrected chi connectivity index (χ1v) is 5.32. The van der Waals surface area contributed by atoms with E-state index in [0.717, 1.165) is 11.1 Å². The normalized spacial score (nSPS) is 13.0. The lowest BCUT2D eigenvalue weighted by atomic mass is 9.86. The van der Waals surface area contributed by atoms with Crippen molar-refractivity contribution in [2.24, 2.45) is 0 Å². The van der Waals surface area contributed by atoms with Crippen LogP contribution in [0.3, 0.4) is 0 Å². The van der Waals surface area contributed by atoms with Gasteiger partial charge in [0.15, 0.2) is 0 Å². The maximum atomic E-state index is 8.91. The standard InChI is InChI=1S/C14H20O/c1-11(10-15)9-12-5-7-13(8-6-12)14(2,3)4/h5-9,15H,10H2,1-4H3. The first kappa shape index (κ1) is 12.0. The molecule has 0 saturated carbocycles. The van der Waals surface area contributed by atoms with Gasteiger partial charge in [-0.1, -0.05) is 51.1 Å². The van der Waals surface area contributed by atoms with Gasteiger partial charge in [0.05, 0.1) is 6.61 Å². The summed E-state index contributed by atoms with van der Waals surface area (Å²) in [7, 11) is 0. The summed E-state index contributed by atoms with van der Waals surface area (Å²) in [6.45, 7) is 8.67. The van der Waals surface area contributed by atoms with E-state index in [1.54, 1.807) is 0 Å². The molecule has 1 aromatic carbocycles. The topological polar surface area (TPSA) is 20.2 Å². The lowest BCUT2D eigenvalue weighted by Crippen LogP contribution is -2.10. The van der Waals surface area contributed by atoms with Gasteiger partial charge in [-0.3, -0.25) is 0 Å². The molecule has 0 aliphatic heterocycles. The first-order valence-electron chi connectivity index (χ1n) is 5.32. The van der Waals surface area contributed by atoms with E-state index in [0.29, 0.717) is 0 Å². The lowest BCUT2D eigenvalue weighted by molar-refractivity contribution is 0.332. The minimum atomic E-state index is 0.126. The van der Waals surface area contributed by atoms with Crippen LogP contribution in [0.25, 0.3) is 6.08 Å². The summed E-state index contributed by atoms with van der Waals surface area (Å²) < 4.78 is 0. The Morgan fingerprint density at radius 3 is 2.13 bits per heavy atom. The highest BCUT2D eigenvalue weighted by Gasteiger charge is 2.12. The molecule has 0 amide bonds. The summed E-state index contributed by atoms with van der Waals surface area (Å²) in [4.78, 5) is 0. The van der Waals surface area contributed by atoms with Crippen LogP contribution in [0.4, 0.5) is 0 Å². The summed E-state index contributed by atoms with van der Waals surface area (Å²) in [5.74, 6) is 0. The molecule has 0 heterocycles. The van der Waals surface area contributed by atoms with Crippen molar-refractivity contribution in [1.82, 2.24) is 0 Å². The van der Waals surface area contributed by atoms with E-state index in [1.807, 2.05) is 13.0 Å². The van der Waals surface area contributed by atoms with Crippen molar-refractivity contribution in [2.45, 2.75) is 33.1 Å². The third-order valence-electron chi connectivity index (χ3n) is 2.44. The van der Waals surface area contributed by atoms with Gasteiger partial charge in [0.1, 0.15) is 0 Å². The minimum absolute atomic E-state index is 0.126. The molecule has 0 saturated heterocycles. The number of hydrogen-bond donors (Lipinski definition) is 1. The number of rotatable bonds is 2. The van der Waals surface area contributed by atoms with Gasteiger partial charge in [-0.2, -0.15) is 0 Å². The molecule has 1 N–H and O–H groups in total. The molecule has 0 aliphatic rings. The Kier molecular flexibility index (Phi) is 3.70. The molecule has 0 bridgehead atoms. The van der Waals surface area contributed by atoms with Crippen molar-refractivity contribution >= 4 is 6.08 Å². The van der Waals surface area contributed by atoms with Crippen LogP contribution < -0.4 is 0 Å². The van der Waals surface area contributed by atoms with Crippen molar-refractivity contribution in [3.8, 4) is 0 Å². The number of aliphatic hydroxyl groups excluding tert-OH is 1. The van der Waals surface area contributed by atoms with Crippen LogP contribution in [0.2, 0.25) is 0 Å². The zero-order chi connectivity index (χ0) is 11.5. The number of hydrogen-bond acceptors (Lipinski definition) is 1. The predicted molar refractivity (Wildman–Crippen MR) is 65.9 cm³/mol. The maximum absolute atomic E-state index is 8.91. The number of aliphatic hydroxyl groups is 1. The summed E-state index contributed by atoms with van der Waals surface area (Å²) in [5, 5.41) is 8.91. The molecule has 1 nitrogen and oxygen atoms in total. The average molecular weight is 204 g/mol. The average Bonchev–Trinajstić information content (AvgIpc) is 2.17. The zero-order valence-corrected chi connectivity index (χ0v) is 10.0.